The minimum atomic E-state index is -0.840. The number of hydrogen-bond donors (Lipinski definition) is 2. The quantitative estimate of drug-likeness (QED) is 0.373. The van der Waals surface area contributed by atoms with Crippen molar-refractivity contribution in [2.45, 2.75) is 20.5 Å². The van der Waals surface area contributed by atoms with Gasteiger partial charge in [-0.25, -0.2) is 5.43 Å². The smallest absolute Gasteiger partial charge is 0.329 e. The Morgan fingerprint density at radius 2 is 1.57 bits per heavy atom. The van der Waals surface area contributed by atoms with Crippen molar-refractivity contribution in [3.05, 3.63) is 95.1 Å². The summed E-state index contributed by atoms with van der Waals surface area (Å²) in [6, 6.07) is 22.7. The van der Waals surface area contributed by atoms with Gasteiger partial charge in [0.15, 0.2) is 0 Å². The monoisotopic (exact) mass is 401 g/mol. The number of amides is 2. The fourth-order valence-electron chi connectivity index (χ4n) is 2.84. The van der Waals surface area contributed by atoms with Crippen LogP contribution in [-0.2, 0) is 16.2 Å². The van der Waals surface area contributed by atoms with Crippen LogP contribution < -0.4 is 15.5 Å². The van der Waals surface area contributed by atoms with Crippen molar-refractivity contribution in [3.63, 3.8) is 0 Å². The zero-order chi connectivity index (χ0) is 21.3. The summed E-state index contributed by atoms with van der Waals surface area (Å²) < 4.78 is 5.73. The molecule has 6 nitrogen and oxygen atoms in total. The first kappa shape index (κ1) is 20.8. The number of nitrogens with zero attached hydrogens (tertiary/aromatic N) is 1. The summed E-state index contributed by atoms with van der Waals surface area (Å²) in [5, 5.41) is 6.40. The summed E-state index contributed by atoms with van der Waals surface area (Å²) in [5.41, 5.74) is 6.65. The minimum Gasteiger partial charge on any atom is -0.489 e. The minimum absolute atomic E-state index is 0.486. The Balaban J connectivity index is 1.48. The normalized spacial score (nSPS) is 10.6. The molecule has 0 unspecified atom stereocenters. The molecule has 6 heteroatoms. The van der Waals surface area contributed by atoms with Gasteiger partial charge in [-0.15, -0.1) is 0 Å². The lowest BCUT2D eigenvalue weighted by Gasteiger charge is -2.07. The van der Waals surface area contributed by atoms with Gasteiger partial charge in [-0.05, 0) is 72.5 Å². The van der Waals surface area contributed by atoms with E-state index >= 15 is 0 Å². The number of hydrazone groups is 1. The topological polar surface area (TPSA) is 79.8 Å². The first-order chi connectivity index (χ1) is 14.5. The molecular weight excluding hydrogens is 378 g/mol. The van der Waals surface area contributed by atoms with Crippen LogP contribution in [0.15, 0.2) is 77.9 Å². The van der Waals surface area contributed by atoms with Crippen molar-refractivity contribution < 1.29 is 14.3 Å². The fraction of sp³-hybridized carbons (Fsp3) is 0.125. The third-order valence-electron chi connectivity index (χ3n) is 4.19. The van der Waals surface area contributed by atoms with Crippen LogP contribution in [0.2, 0.25) is 0 Å². The van der Waals surface area contributed by atoms with Crippen molar-refractivity contribution in [2.75, 3.05) is 5.32 Å². The van der Waals surface area contributed by atoms with Gasteiger partial charge in [0, 0.05) is 5.69 Å². The van der Waals surface area contributed by atoms with E-state index in [1.54, 1.807) is 12.1 Å². The van der Waals surface area contributed by atoms with Crippen LogP contribution in [0.1, 0.15) is 22.3 Å². The molecule has 3 aromatic carbocycles. The third-order valence-corrected chi connectivity index (χ3v) is 4.19. The van der Waals surface area contributed by atoms with E-state index in [9.17, 15) is 9.59 Å². The highest BCUT2D eigenvalue weighted by Crippen LogP contribution is 2.14. The molecule has 2 amide bonds. The number of carbonyl (C=O) groups excluding carboxylic acids is 2. The van der Waals surface area contributed by atoms with E-state index in [-0.39, 0.29) is 0 Å². The van der Waals surface area contributed by atoms with Gasteiger partial charge in [-0.3, -0.25) is 9.59 Å². The molecule has 0 heterocycles. The second kappa shape index (κ2) is 10.0. The van der Waals surface area contributed by atoms with E-state index in [4.69, 9.17) is 4.74 Å². The number of carbonyl (C=O) groups is 2. The van der Waals surface area contributed by atoms with Crippen molar-refractivity contribution in [1.29, 1.82) is 0 Å². The number of aryl methyl sites for hydroxylation is 2. The second-order valence-corrected chi connectivity index (χ2v) is 6.87. The molecule has 30 heavy (non-hydrogen) atoms. The maximum absolute atomic E-state index is 12.0. The van der Waals surface area contributed by atoms with E-state index in [1.807, 2.05) is 74.5 Å². The van der Waals surface area contributed by atoms with Gasteiger partial charge in [0.05, 0.1) is 6.21 Å². The Bertz CT molecular complexity index is 1020. The molecule has 2 N–H and O–H groups in total. The molecule has 0 radical (unpaired) electrons. The highest BCUT2D eigenvalue weighted by Gasteiger charge is 2.13. The Morgan fingerprint density at radius 3 is 2.23 bits per heavy atom. The molecule has 0 aliphatic rings. The molecule has 0 saturated carbocycles. The van der Waals surface area contributed by atoms with Gasteiger partial charge in [0.25, 0.3) is 0 Å². The molecule has 0 saturated heterocycles. The molecule has 0 aliphatic carbocycles. The lowest BCUT2D eigenvalue weighted by Crippen LogP contribution is -2.32. The largest absolute Gasteiger partial charge is 0.489 e. The van der Waals surface area contributed by atoms with E-state index in [0.717, 1.165) is 28.0 Å². The molecule has 3 rings (SSSR count). The van der Waals surface area contributed by atoms with Crippen LogP contribution in [0.3, 0.4) is 0 Å². The summed E-state index contributed by atoms with van der Waals surface area (Å²) in [6.07, 6.45) is 1.46. The summed E-state index contributed by atoms with van der Waals surface area (Å²) in [5.74, 6) is -0.886. The Kier molecular flexibility index (Phi) is 6.95. The standard InChI is InChI=1S/C24H23N3O3/c1-17-12-18(2)14-21(13-17)26-23(28)24(29)27-25-15-19-8-10-22(11-9-19)30-16-20-6-4-3-5-7-20/h3-15H,16H2,1-2H3,(H,26,28)(H,27,29). The predicted molar refractivity (Wildman–Crippen MR) is 117 cm³/mol. The molecule has 0 spiro atoms. The van der Waals surface area contributed by atoms with Gasteiger partial charge in [0.1, 0.15) is 12.4 Å². The lowest BCUT2D eigenvalue weighted by atomic mass is 10.1. The van der Waals surface area contributed by atoms with E-state index in [1.165, 1.54) is 6.21 Å². The number of hydrogen-bond acceptors (Lipinski definition) is 4. The number of anilines is 1. The predicted octanol–water partition coefficient (Wildman–Crippen LogP) is 3.97. The van der Waals surface area contributed by atoms with E-state index < -0.39 is 11.8 Å². The molecule has 0 fully saturated rings. The summed E-state index contributed by atoms with van der Waals surface area (Å²) in [6.45, 7) is 4.33. The molecule has 152 valence electrons. The number of nitrogens with one attached hydrogen (secondary N) is 2. The Labute approximate surface area is 175 Å². The second-order valence-electron chi connectivity index (χ2n) is 6.87. The molecule has 0 aliphatic heterocycles. The van der Waals surface area contributed by atoms with Crippen LogP contribution >= 0.6 is 0 Å². The van der Waals surface area contributed by atoms with Gasteiger partial charge >= 0.3 is 11.8 Å². The fourth-order valence-corrected chi connectivity index (χ4v) is 2.84. The third kappa shape index (κ3) is 6.31. The average molecular weight is 401 g/mol. The highest BCUT2D eigenvalue weighted by atomic mass is 16.5. The molecule has 0 bridgehead atoms. The maximum Gasteiger partial charge on any atom is 0.329 e. The van der Waals surface area contributed by atoms with E-state index in [0.29, 0.717) is 12.3 Å². The van der Waals surface area contributed by atoms with Crippen molar-refractivity contribution in [2.24, 2.45) is 5.10 Å². The summed E-state index contributed by atoms with van der Waals surface area (Å²) >= 11 is 0. The van der Waals surface area contributed by atoms with Crippen LogP contribution in [0.4, 0.5) is 5.69 Å². The number of rotatable bonds is 6. The summed E-state index contributed by atoms with van der Waals surface area (Å²) in [7, 11) is 0. The average Bonchev–Trinajstić information content (AvgIpc) is 2.73. The zero-order valence-corrected chi connectivity index (χ0v) is 16.9. The Morgan fingerprint density at radius 1 is 0.900 bits per heavy atom. The van der Waals surface area contributed by atoms with Crippen molar-refractivity contribution >= 4 is 23.7 Å². The van der Waals surface area contributed by atoms with Gasteiger partial charge < -0.3 is 10.1 Å². The number of ether oxygens (including phenoxy) is 1. The molecule has 0 aromatic heterocycles. The van der Waals surface area contributed by atoms with Gasteiger partial charge in [-0.2, -0.15) is 5.10 Å². The zero-order valence-electron chi connectivity index (χ0n) is 16.9. The number of benzene rings is 3. The highest BCUT2D eigenvalue weighted by molar-refractivity contribution is 6.39. The molecular formula is C24H23N3O3. The SMILES string of the molecule is Cc1cc(C)cc(NC(=O)C(=O)NN=Cc2ccc(OCc3ccccc3)cc2)c1. The van der Waals surface area contributed by atoms with Crippen LogP contribution in [-0.4, -0.2) is 18.0 Å². The lowest BCUT2D eigenvalue weighted by molar-refractivity contribution is -0.136. The van der Waals surface area contributed by atoms with Crippen molar-refractivity contribution in [1.82, 2.24) is 5.43 Å². The van der Waals surface area contributed by atoms with Crippen LogP contribution in [0, 0.1) is 13.8 Å². The Hall–Kier alpha value is -3.93. The molecule has 0 atom stereocenters. The van der Waals surface area contributed by atoms with Gasteiger partial charge in [-0.1, -0.05) is 36.4 Å². The maximum atomic E-state index is 12.0. The summed E-state index contributed by atoms with van der Waals surface area (Å²) in [4.78, 5) is 23.9. The van der Waals surface area contributed by atoms with Crippen LogP contribution in [0.5, 0.6) is 5.75 Å². The van der Waals surface area contributed by atoms with E-state index in [2.05, 4.69) is 15.8 Å². The first-order valence-corrected chi connectivity index (χ1v) is 9.49. The molecule has 3 aromatic rings. The first-order valence-electron chi connectivity index (χ1n) is 9.49. The van der Waals surface area contributed by atoms with Gasteiger partial charge in [0.2, 0.25) is 0 Å². The van der Waals surface area contributed by atoms with Crippen LogP contribution in [0.25, 0.3) is 0 Å². The van der Waals surface area contributed by atoms with Crippen molar-refractivity contribution in [3.8, 4) is 5.75 Å².